The number of thiophene rings is 1. The van der Waals surface area contributed by atoms with E-state index in [1.54, 1.807) is 46.3 Å². The van der Waals surface area contributed by atoms with E-state index < -0.39 is 12.0 Å². The van der Waals surface area contributed by atoms with Gasteiger partial charge in [-0.3, -0.25) is 4.79 Å². The summed E-state index contributed by atoms with van der Waals surface area (Å²) in [7, 11) is 0. The number of likely N-dealkylation sites (tertiary alicyclic amines) is 1. The van der Waals surface area contributed by atoms with Crippen molar-refractivity contribution >= 4 is 46.8 Å². The minimum absolute atomic E-state index is 0.130. The lowest BCUT2D eigenvalue weighted by atomic mass is 10.1. The molecule has 4 rings (SSSR count). The monoisotopic (exact) mass is 580 g/mol. The summed E-state index contributed by atoms with van der Waals surface area (Å²) in [6, 6.07) is 9.31. The Bertz CT molecular complexity index is 1320. The number of amides is 2. The molecule has 0 unspecified atom stereocenters. The maximum Gasteiger partial charge on any atom is 0.415 e. The van der Waals surface area contributed by atoms with E-state index >= 15 is 0 Å². The normalized spacial score (nSPS) is 13.5. The SMILES string of the molecule is CCN(CC)c1ncc(N(CC)C(=O)c2cccs2)c(N[C@@H](Cc2ccc(OC(=O)N3CCCC3)cc2)C(=O)O)n1. The van der Waals surface area contributed by atoms with Crippen molar-refractivity contribution < 1.29 is 24.2 Å². The lowest BCUT2D eigenvalue weighted by Crippen LogP contribution is -2.36. The van der Waals surface area contributed by atoms with E-state index in [9.17, 15) is 19.5 Å². The van der Waals surface area contributed by atoms with Gasteiger partial charge in [0.2, 0.25) is 5.95 Å². The fraction of sp³-hybridized carbons (Fsp3) is 0.414. The van der Waals surface area contributed by atoms with Crippen LogP contribution < -0.4 is 19.9 Å². The number of hydrogen-bond donors (Lipinski definition) is 2. The first-order valence-electron chi connectivity index (χ1n) is 13.9. The lowest BCUT2D eigenvalue weighted by molar-refractivity contribution is -0.137. The van der Waals surface area contributed by atoms with Crippen LogP contribution in [-0.2, 0) is 11.2 Å². The molecule has 2 amide bonds. The summed E-state index contributed by atoms with van der Waals surface area (Å²) in [5.74, 6) is -0.184. The summed E-state index contributed by atoms with van der Waals surface area (Å²) in [5.41, 5.74) is 1.13. The predicted molar refractivity (Wildman–Crippen MR) is 159 cm³/mol. The van der Waals surface area contributed by atoms with Gasteiger partial charge >= 0.3 is 12.1 Å². The fourth-order valence-electron chi connectivity index (χ4n) is 4.64. The molecular weight excluding hydrogens is 544 g/mol. The average molecular weight is 581 g/mol. The zero-order chi connectivity index (χ0) is 29.4. The Morgan fingerprint density at radius 3 is 2.37 bits per heavy atom. The molecule has 0 saturated carbocycles. The van der Waals surface area contributed by atoms with Gasteiger partial charge in [-0.15, -0.1) is 11.3 Å². The molecular formula is C29H36N6O5S. The van der Waals surface area contributed by atoms with E-state index in [0.717, 1.165) is 18.4 Å². The molecule has 1 aromatic carbocycles. The van der Waals surface area contributed by atoms with Crippen molar-refractivity contribution in [2.75, 3.05) is 47.8 Å². The van der Waals surface area contributed by atoms with E-state index in [-0.39, 0.29) is 24.2 Å². The molecule has 0 aliphatic carbocycles. The molecule has 1 atom stereocenters. The second-order valence-corrected chi connectivity index (χ2v) is 10.5. The number of rotatable bonds is 12. The molecule has 3 heterocycles. The summed E-state index contributed by atoms with van der Waals surface area (Å²) in [5, 5.41) is 15.0. The van der Waals surface area contributed by atoms with E-state index in [1.807, 2.05) is 37.1 Å². The van der Waals surface area contributed by atoms with Crippen LogP contribution in [-0.4, -0.2) is 76.7 Å². The van der Waals surface area contributed by atoms with Crippen molar-refractivity contribution in [1.82, 2.24) is 14.9 Å². The number of aliphatic carboxylic acids is 1. The van der Waals surface area contributed by atoms with E-state index in [4.69, 9.17) is 4.74 Å². The standard InChI is InChI=1S/C29H36N6O5S/c1-4-33(5-2)28-30-19-23(35(6-3)26(36)24-10-9-17-41-24)25(32-28)31-22(27(37)38)18-20-11-13-21(14-12-20)40-29(39)34-15-7-8-16-34/h9-14,17,19,22H,4-8,15-16,18H2,1-3H3,(H,37,38)(H,30,31,32)/t22-/m0/s1. The number of ether oxygens (including phenoxy) is 1. The molecule has 41 heavy (non-hydrogen) atoms. The molecule has 1 aliphatic heterocycles. The second-order valence-electron chi connectivity index (χ2n) is 9.55. The molecule has 218 valence electrons. The second kappa shape index (κ2) is 13.9. The molecule has 3 aromatic rings. The third-order valence-electron chi connectivity index (χ3n) is 6.93. The molecule has 12 heteroatoms. The Hall–Kier alpha value is -4.19. The number of carbonyl (C=O) groups excluding carboxylic acids is 2. The molecule has 0 bridgehead atoms. The van der Waals surface area contributed by atoms with Crippen LogP contribution >= 0.6 is 11.3 Å². The summed E-state index contributed by atoms with van der Waals surface area (Å²) < 4.78 is 5.46. The predicted octanol–water partition coefficient (Wildman–Crippen LogP) is 4.75. The van der Waals surface area contributed by atoms with Crippen LogP contribution in [0.2, 0.25) is 0 Å². The van der Waals surface area contributed by atoms with Gasteiger partial charge in [0.1, 0.15) is 17.5 Å². The minimum atomic E-state index is -1.07. The Morgan fingerprint density at radius 1 is 1.07 bits per heavy atom. The maximum atomic E-state index is 13.3. The van der Waals surface area contributed by atoms with Crippen molar-refractivity contribution in [2.24, 2.45) is 0 Å². The van der Waals surface area contributed by atoms with Crippen LogP contribution in [0, 0.1) is 0 Å². The van der Waals surface area contributed by atoms with Gasteiger partial charge < -0.3 is 29.9 Å². The van der Waals surface area contributed by atoms with Gasteiger partial charge in [-0.25, -0.2) is 14.6 Å². The molecule has 0 radical (unpaired) electrons. The van der Waals surface area contributed by atoms with Crippen LogP contribution in [0.15, 0.2) is 48.0 Å². The Morgan fingerprint density at radius 2 is 1.78 bits per heavy atom. The Kier molecular flexibility index (Phi) is 10.1. The molecule has 0 spiro atoms. The number of carbonyl (C=O) groups is 3. The van der Waals surface area contributed by atoms with E-state index in [0.29, 0.717) is 55.0 Å². The van der Waals surface area contributed by atoms with Crippen LogP contribution in [0.3, 0.4) is 0 Å². The molecule has 1 fully saturated rings. The fourth-order valence-corrected chi connectivity index (χ4v) is 5.32. The van der Waals surface area contributed by atoms with Crippen molar-refractivity contribution in [1.29, 1.82) is 0 Å². The summed E-state index contributed by atoms with van der Waals surface area (Å²) in [6.45, 7) is 8.87. The Labute approximate surface area is 243 Å². The molecule has 1 aliphatic rings. The van der Waals surface area contributed by atoms with E-state index in [2.05, 4.69) is 15.3 Å². The van der Waals surface area contributed by atoms with Crippen LogP contribution in [0.1, 0.15) is 48.8 Å². The highest BCUT2D eigenvalue weighted by Crippen LogP contribution is 2.29. The van der Waals surface area contributed by atoms with Crippen LogP contribution in [0.25, 0.3) is 0 Å². The van der Waals surface area contributed by atoms with Gasteiger partial charge in [-0.2, -0.15) is 4.98 Å². The van der Waals surface area contributed by atoms with Gasteiger partial charge in [-0.1, -0.05) is 18.2 Å². The number of hydrogen-bond acceptors (Lipinski definition) is 9. The maximum absolute atomic E-state index is 13.3. The largest absolute Gasteiger partial charge is 0.480 e. The minimum Gasteiger partial charge on any atom is -0.480 e. The van der Waals surface area contributed by atoms with Crippen molar-refractivity contribution in [3.8, 4) is 5.75 Å². The lowest BCUT2D eigenvalue weighted by Gasteiger charge is -2.26. The zero-order valence-corrected chi connectivity index (χ0v) is 24.4. The number of benzene rings is 1. The number of carboxylic acids is 1. The number of anilines is 3. The highest BCUT2D eigenvalue weighted by molar-refractivity contribution is 7.12. The summed E-state index contributed by atoms with van der Waals surface area (Å²) >= 11 is 1.33. The summed E-state index contributed by atoms with van der Waals surface area (Å²) in [6.07, 6.45) is 3.27. The van der Waals surface area contributed by atoms with Crippen molar-refractivity contribution in [2.45, 2.75) is 46.1 Å². The summed E-state index contributed by atoms with van der Waals surface area (Å²) in [4.78, 5) is 52.9. The van der Waals surface area contributed by atoms with Crippen LogP contribution in [0.5, 0.6) is 5.75 Å². The smallest absolute Gasteiger partial charge is 0.415 e. The highest BCUT2D eigenvalue weighted by atomic mass is 32.1. The van der Waals surface area contributed by atoms with E-state index in [1.165, 1.54) is 11.3 Å². The first-order valence-corrected chi connectivity index (χ1v) is 14.7. The highest BCUT2D eigenvalue weighted by Gasteiger charge is 2.26. The molecule has 2 N–H and O–H groups in total. The van der Waals surface area contributed by atoms with Gasteiger partial charge in [0.15, 0.2) is 5.82 Å². The third kappa shape index (κ3) is 7.31. The number of aromatic nitrogens is 2. The first kappa shape index (κ1) is 29.8. The van der Waals surface area contributed by atoms with Gasteiger partial charge in [0, 0.05) is 39.1 Å². The molecule has 2 aromatic heterocycles. The molecule has 11 nitrogen and oxygen atoms in total. The van der Waals surface area contributed by atoms with Gasteiger partial charge in [0.05, 0.1) is 11.1 Å². The van der Waals surface area contributed by atoms with Gasteiger partial charge in [-0.05, 0) is 62.8 Å². The number of nitrogens with zero attached hydrogens (tertiary/aromatic N) is 5. The third-order valence-corrected chi connectivity index (χ3v) is 7.79. The van der Waals surface area contributed by atoms with Crippen molar-refractivity contribution in [3.63, 3.8) is 0 Å². The first-order chi connectivity index (χ1) is 19.8. The number of nitrogens with one attached hydrogen (secondary N) is 1. The molecule has 1 saturated heterocycles. The quantitative estimate of drug-likeness (QED) is 0.312. The average Bonchev–Trinajstić information content (AvgIpc) is 3.71. The Balaban J connectivity index is 1.58. The zero-order valence-electron chi connectivity index (χ0n) is 23.6. The van der Waals surface area contributed by atoms with Gasteiger partial charge in [0.25, 0.3) is 5.91 Å². The topological polar surface area (TPSA) is 128 Å². The van der Waals surface area contributed by atoms with Crippen molar-refractivity contribution in [3.05, 3.63) is 58.4 Å². The van der Waals surface area contributed by atoms with Crippen LogP contribution in [0.4, 0.5) is 22.2 Å². The number of carboxylic acid groups (broad SMARTS) is 1.